The van der Waals surface area contributed by atoms with E-state index in [4.69, 9.17) is 0 Å². The maximum atomic E-state index is 12.5. The fourth-order valence-electron chi connectivity index (χ4n) is 3.13. The summed E-state index contributed by atoms with van der Waals surface area (Å²) in [5.41, 5.74) is 1.46. The van der Waals surface area contributed by atoms with Crippen LogP contribution in [0.15, 0.2) is 42.7 Å². The second-order valence-electron chi connectivity index (χ2n) is 6.39. The quantitative estimate of drug-likeness (QED) is 0.715. The lowest BCUT2D eigenvalue weighted by Gasteiger charge is -2.19. The van der Waals surface area contributed by atoms with Gasteiger partial charge in [0.05, 0.1) is 5.69 Å². The van der Waals surface area contributed by atoms with Crippen LogP contribution in [0.3, 0.4) is 0 Å². The molecule has 0 unspecified atom stereocenters. The van der Waals surface area contributed by atoms with Crippen LogP contribution < -0.4 is 10.6 Å². The van der Waals surface area contributed by atoms with Crippen LogP contribution >= 0.6 is 12.4 Å². The molecule has 0 spiro atoms. The summed E-state index contributed by atoms with van der Waals surface area (Å²) in [5.74, 6) is 1.42. The third-order valence-electron chi connectivity index (χ3n) is 4.61. The first-order chi connectivity index (χ1) is 12.7. The lowest BCUT2D eigenvalue weighted by molar-refractivity contribution is 0.102. The zero-order chi connectivity index (χ0) is 17.9. The number of aromatic nitrogens is 5. The summed E-state index contributed by atoms with van der Waals surface area (Å²) in [4.78, 5) is 17.1. The van der Waals surface area contributed by atoms with Crippen molar-refractivity contribution < 1.29 is 4.79 Å². The highest BCUT2D eigenvalue weighted by molar-refractivity contribution is 6.03. The number of carbonyl (C=O) groups excluding carboxylic acids is 1. The smallest absolute Gasteiger partial charge is 0.258 e. The van der Waals surface area contributed by atoms with Gasteiger partial charge in [-0.15, -0.1) is 12.4 Å². The molecule has 1 fully saturated rings. The van der Waals surface area contributed by atoms with Gasteiger partial charge in [0.15, 0.2) is 5.82 Å². The maximum absolute atomic E-state index is 12.5. The largest absolute Gasteiger partial charge is 0.317 e. The molecule has 2 aromatic heterocycles. The molecule has 0 radical (unpaired) electrons. The van der Waals surface area contributed by atoms with E-state index in [-0.39, 0.29) is 18.3 Å². The Bertz CT molecular complexity index is 883. The minimum absolute atomic E-state index is 0. The van der Waals surface area contributed by atoms with Crippen LogP contribution in [0, 0.1) is 0 Å². The number of carbonyl (C=O) groups is 1. The molecule has 0 saturated carbocycles. The fourth-order valence-corrected chi connectivity index (χ4v) is 3.13. The number of nitrogens with zero attached hydrogens (tertiary/aromatic N) is 5. The third-order valence-corrected chi connectivity index (χ3v) is 4.61. The number of piperidine rings is 1. The summed E-state index contributed by atoms with van der Waals surface area (Å²) in [7, 11) is 1.80. The van der Waals surface area contributed by atoms with E-state index in [1.807, 2.05) is 24.4 Å². The van der Waals surface area contributed by atoms with E-state index in [0.29, 0.717) is 17.4 Å². The highest BCUT2D eigenvalue weighted by atomic mass is 35.5. The van der Waals surface area contributed by atoms with Crippen LogP contribution in [0.2, 0.25) is 0 Å². The maximum Gasteiger partial charge on any atom is 0.258 e. The molecule has 1 aromatic carbocycles. The molecule has 1 saturated heterocycles. The average molecular weight is 388 g/mol. The van der Waals surface area contributed by atoms with Gasteiger partial charge >= 0.3 is 0 Å². The first-order valence-corrected chi connectivity index (χ1v) is 8.74. The third kappa shape index (κ3) is 4.17. The molecule has 1 aliphatic heterocycles. The van der Waals surface area contributed by atoms with E-state index in [0.717, 1.165) is 37.4 Å². The molecule has 3 heterocycles. The van der Waals surface area contributed by atoms with Crippen molar-refractivity contribution in [2.45, 2.75) is 18.8 Å². The molecule has 27 heavy (non-hydrogen) atoms. The zero-order valence-electron chi connectivity index (χ0n) is 15.0. The van der Waals surface area contributed by atoms with E-state index in [1.54, 1.807) is 34.7 Å². The molecule has 3 aromatic rings. The Morgan fingerprint density at radius 1 is 1.22 bits per heavy atom. The van der Waals surface area contributed by atoms with Crippen LogP contribution in [0.25, 0.3) is 5.69 Å². The average Bonchev–Trinajstić information content (AvgIpc) is 3.33. The lowest BCUT2D eigenvalue weighted by Crippen LogP contribution is -2.27. The summed E-state index contributed by atoms with van der Waals surface area (Å²) in [5, 5.41) is 14.8. The van der Waals surface area contributed by atoms with E-state index in [1.165, 1.54) is 0 Å². The molecule has 0 aliphatic carbocycles. The SMILES string of the molecule is Cl.Cn1nc(C2CCNCC2)nc1NC(=O)c1ccc(-n2cccn2)cc1. The molecule has 142 valence electrons. The first-order valence-electron chi connectivity index (χ1n) is 8.74. The van der Waals surface area contributed by atoms with Crippen LogP contribution in [-0.4, -0.2) is 43.5 Å². The van der Waals surface area contributed by atoms with Crippen molar-refractivity contribution in [1.82, 2.24) is 29.9 Å². The van der Waals surface area contributed by atoms with Crippen LogP contribution in [-0.2, 0) is 7.05 Å². The summed E-state index contributed by atoms with van der Waals surface area (Å²) < 4.78 is 3.38. The van der Waals surface area contributed by atoms with E-state index in [9.17, 15) is 4.79 Å². The van der Waals surface area contributed by atoms with Crippen molar-refractivity contribution in [2.75, 3.05) is 18.4 Å². The molecule has 2 N–H and O–H groups in total. The zero-order valence-corrected chi connectivity index (χ0v) is 15.8. The molecule has 1 amide bonds. The molecule has 8 nitrogen and oxygen atoms in total. The Balaban J connectivity index is 0.00000210. The van der Waals surface area contributed by atoms with Crippen LogP contribution in [0.4, 0.5) is 5.95 Å². The minimum atomic E-state index is -0.204. The van der Waals surface area contributed by atoms with Gasteiger partial charge in [-0.1, -0.05) is 0 Å². The predicted molar refractivity (Wildman–Crippen MR) is 105 cm³/mol. The number of hydrogen-bond acceptors (Lipinski definition) is 5. The van der Waals surface area contributed by atoms with Gasteiger partial charge in [-0.2, -0.15) is 15.2 Å². The number of halogens is 1. The Morgan fingerprint density at radius 3 is 2.63 bits per heavy atom. The summed E-state index contributed by atoms with van der Waals surface area (Å²) in [6, 6.07) is 9.12. The van der Waals surface area contributed by atoms with Crippen LogP contribution in [0.5, 0.6) is 0 Å². The minimum Gasteiger partial charge on any atom is -0.317 e. The number of amides is 1. The molecule has 9 heteroatoms. The highest BCUT2D eigenvalue weighted by Gasteiger charge is 2.21. The standard InChI is InChI=1S/C18H21N7O.ClH/c1-24-18(21-16(23-24)13-7-10-19-11-8-13)22-17(26)14-3-5-15(6-4-14)25-12-2-9-20-25;/h2-6,9,12-13,19H,7-8,10-11H2,1H3,(H,21,22,23,26);1H. The van der Waals surface area contributed by atoms with Gasteiger partial charge in [0, 0.05) is 30.9 Å². The van der Waals surface area contributed by atoms with Gasteiger partial charge in [-0.25, -0.2) is 9.36 Å². The molecule has 0 bridgehead atoms. The van der Waals surface area contributed by atoms with Crippen molar-refractivity contribution >= 4 is 24.3 Å². The molecule has 0 atom stereocenters. The van der Waals surface area contributed by atoms with Gasteiger partial charge in [0.1, 0.15) is 0 Å². The summed E-state index contributed by atoms with van der Waals surface area (Å²) >= 11 is 0. The van der Waals surface area contributed by atoms with Crippen molar-refractivity contribution in [1.29, 1.82) is 0 Å². The topological polar surface area (TPSA) is 89.7 Å². The number of hydrogen-bond donors (Lipinski definition) is 2. The number of benzene rings is 1. The second-order valence-corrected chi connectivity index (χ2v) is 6.39. The van der Waals surface area contributed by atoms with Crippen molar-refractivity contribution in [2.24, 2.45) is 7.05 Å². The number of aryl methyl sites for hydroxylation is 1. The summed E-state index contributed by atoms with van der Waals surface area (Å²) in [6.45, 7) is 1.96. The second kappa shape index (κ2) is 8.32. The molecule has 4 rings (SSSR count). The number of rotatable bonds is 4. The Kier molecular flexibility index (Phi) is 5.88. The lowest BCUT2D eigenvalue weighted by atomic mass is 9.98. The van der Waals surface area contributed by atoms with Gasteiger partial charge < -0.3 is 5.32 Å². The van der Waals surface area contributed by atoms with Crippen molar-refractivity contribution in [3.05, 3.63) is 54.1 Å². The van der Waals surface area contributed by atoms with Crippen molar-refractivity contribution in [3.8, 4) is 5.69 Å². The Labute approximate surface area is 163 Å². The van der Waals surface area contributed by atoms with Crippen molar-refractivity contribution in [3.63, 3.8) is 0 Å². The Morgan fingerprint density at radius 2 is 1.96 bits per heavy atom. The van der Waals surface area contributed by atoms with E-state index in [2.05, 4.69) is 25.8 Å². The summed E-state index contributed by atoms with van der Waals surface area (Å²) in [6.07, 6.45) is 5.62. The van der Waals surface area contributed by atoms with Gasteiger partial charge in [-0.05, 0) is 56.3 Å². The molecular weight excluding hydrogens is 366 g/mol. The van der Waals surface area contributed by atoms with Crippen LogP contribution in [0.1, 0.15) is 34.9 Å². The molecule has 1 aliphatic rings. The monoisotopic (exact) mass is 387 g/mol. The first kappa shape index (κ1) is 19.1. The van der Waals surface area contributed by atoms with Gasteiger partial charge in [0.2, 0.25) is 5.95 Å². The van der Waals surface area contributed by atoms with E-state index >= 15 is 0 Å². The number of anilines is 1. The highest BCUT2D eigenvalue weighted by Crippen LogP contribution is 2.23. The number of nitrogens with one attached hydrogen (secondary N) is 2. The van der Waals surface area contributed by atoms with E-state index < -0.39 is 0 Å². The predicted octanol–water partition coefficient (Wildman–Crippen LogP) is 2.14. The Hall–Kier alpha value is -2.71. The van der Waals surface area contributed by atoms with Gasteiger partial charge in [-0.3, -0.25) is 10.1 Å². The fraction of sp³-hybridized carbons (Fsp3) is 0.333. The molecular formula is C18H22ClN7O. The normalized spacial score (nSPS) is 14.6. The van der Waals surface area contributed by atoms with Gasteiger partial charge in [0.25, 0.3) is 5.91 Å².